The SMILES string of the molecule is CN=C(NCCCCn1cnnc1)NC1CCN(C(C)c2ccccc2)CC1. The van der Waals surface area contributed by atoms with Crippen LogP contribution in [0.2, 0.25) is 0 Å². The molecule has 3 rings (SSSR count). The molecule has 2 aromatic rings. The Hall–Kier alpha value is -2.41. The molecule has 1 aromatic carbocycles. The maximum Gasteiger partial charge on any atom is 0.191 e. The summed E-state index contributed by atoms with van der Waals surface area (Å²) in [5, 5.41) is 14.7. The molecular weight excluding hydrogens is 350 g/mol. The lowest BCUT2D eigenvalue weighted by molar-refractivity contribution is 0.158. The lowest BCUT2D eigenvalue weighted by Gasteiger charge is -2.37. The van der Waals surface area contributed by atoms with Crippen molar-refractivity contribution in [2.75, 3.05) is 26.7 Å². The average Bonchev–Trinajstić information content (AvgIpc) is 3.27. The van der Waals surface area contributed by atoms with Crippen LogP contribution in [0.15, 0.2) is 48.0 Å². The fraction of sp³-hybridized carbons (Fsp3) is 0.571. The van der Waals surface area contributed by atoms with Gasteiger partial charge in [-0.3, -0.25) is 9.89 Å². The van der Waals surface area contributed by atoms with Gasteiger partial charge in [0.05, 0.1) is 0 Å². The minimum Gasteiger partial charge on any atom is -0.356 e. The summed E-state index contributed by atoms with van der Waals surface area (Å²) in [7, 11) is 1.85. The number of guanidine groups is 1. The third-order valence-electron chi connectivity index (χ3n) is 5.53. The number of aromatic nitrogens is 3. The zero-order chi connectivity index (χ0) is 19.6. The molecule has 1 aliphatic rings. The number of hydrogen-bond donors (Lipinski definition) is 2. The van der Waals surface area contributed by atoms with Crippen LogP contribution in [-0.4, -0.2) is 58.3 Å². The summed E-state index contributed by atoms with van der Waals surface area (Å²) in [5.41, 5.74) is 1.40. The van der Waals surface area contributed by atoms with Gasteiger partial charge in [0.1, 0.15) is 12.7 Å². The van der Waals surface area contributed by atoms with Crippen molar-refractivity contribution >= 4 is 5.96 Å². The van der Waals surface area contributed by atoms with Crippen LogP contribution in [0.25, 0.3) is 0 Å². The number of aliphatic imine (C=N–C) groups is 1. The molecule has 0 radical (unpaired) electrons. The van der Waals surface area contributed by atoms with E-state index in [0.29, 0.717) is 12.1 Å². The van der Waals surface area contributed by atoms with Crippen molar-refractivity contribution in [1.82, 2.24) is 30.3 Å². The number of nitrogens with one attached hydrogen (secondary N) is 2. The second-order valence-electron chi connectivity index (χ2n) is 7.45. The van der Waals surface area contributed by atoms with Gasteiger partial charge in [-0.15, -0.1) is 10.2 Å². The number of hydrogen-bond acceptors (Lipinski definition) is 4. The molecule has 0 saturated carbocycles. The van der Waals surface area contributed by atoms with Gasteiger partial charge in [0.2, 0.25) is 0 Å². The molecule has 1 aliphatic heterocycles. The van der Waals surface area contributed by atoms with Crippen LogP contribution in [0.5, 0.6) is 0 Å². The first-order chi connectivity index (χ1) is 13.8. The van der Waals surface area contributed by atoms with Gasteiger partial charge in [-0.25, -0.2) is 0 Å². The number of unbranched alkanes of at least 4 members (excludes halogenated alkanes) is 1. The summed E-state index contributed by atoms with van der Waals surface area (Å²) in [4.78, 5) is 6.97. The minimum absolute atomic E-state index is 0.477. The molecule has 1 saturated heterocycles. The molecule has 152 valence electrons. The minimum atomic E-state index is 0.477. The van der Waals surface area contributed by atoms with Crippen LogP contribution >= 0.6 is 0 Å². The van der Waals surface area contributed by atoms with Gasteiger partial charge in [-0.05, 0) is 38.2 Å². The molecule has 2 heterocycles. The van der Waals surface area contributed by atoms with Gasteiger partial charge in [0.15, 0.2) is 5.96 Å². The van der Waals surface area contributed by atoms with Crippen molar-refractivity contribution in [3.05, 3.63) is 48.5 Å². The van der Waals surface area contributed by atoms with Crippen molar-refractivity contribution in [3.63, 3.8) is 0 Å². The summed E-state index contributed by atoms with van der Waals surface area (Å²) >= 11 is 0. The molecule has 2 N–H and O–H groups in total. The van der Waals surface area contributed by atoms with E-state index < -0.39 is 0 Å². The second-order valence-corrected chi connectivity index (χ2v) is 7.45. The number of nitrogens with zero attached hydrogens (tertiary/aromatic N) is 5. The van der Waals surface area contributed by atoms with Gasteiger partial charge >= 0.3 is 0 Å². The van der Waals surface area contributed by atoms with E-state index in [2.05, 4.69) is 68.0 Å². The van der Waals surface area contributed by atoms with E-state index in [1.54, 1.807) is 12.7 Å². The molecule has 1 unspecified atom stereocenters. The van der Waals surface area contributed by atoms with E-state index in [9.17, 15) is 0 Å². The highest BCUT2D eigenvalue weighted by Crippen LogP contribution is 2.23. The van der Waals surface area contributed by atoms with E-state index >= 15 is 0 Å². The molecule has 0 amide bonds. The highest BCUT2D eigenvalue weighted by Gasteiger charge is 2.23. The Kier molecular flexibility index (Phi) is 7.84. The van der Waals surface area contributed by atoms with Crippen LogP contribution in [0.4, 0.5) is 0 Å². The first-order valence-electron chi connectivity index (χ1n) is 10.3. The molecule has 7 heteroatoms. The van der Waals surface area contributed by atoms with Gasteiger partial charge < -0.3 is 15.2 Å². The third-order valence-corrected chi connectivity index (χ3v) is 5.53. The molecular formula is C21H33N7. The predicted octanol–water partition coefficient (Wildman–Crippen LogP) is 2.45. The Morgan fingerprint density at radius 1 is 1.14 bits per heavy atom. The smallest absolute Gasteiger partial charge is 0.191 e. The van der Waals surface area contributed by atoms with Crippen molar-refractivity contribution in [3.8, 4) is 0 Å². The zero-order valence-corrected chi connectivity index (χ0v) is 17.1. The average molecular weight is 384 g/mol. The Balaban J connectivity index is 1.33. The van der Waals surface area contributed by atoms with E-state index in [1.807, 2.05) is 11.6 Å². The monoisotopic (exact) mass is 383 g/mol. The fourth-order valence-electron chi connectivity index (χ4n) is 3.73. The standard InChI is InChI=1S/C21H33N7/c1-18(19-8-4-3-5-9-19)28-14-10-20(11-15-28)26-21(22-2)23-12-6-7-13-27-16-24-25-17-27/h3-5,8-9,16-18,20H,6-7,10-15H2,1-2H3,(H2,22,23,26). The normalized spacial score (nSPS) is 17.4. The number of likely N-dealkylation sites (tertiary alicyclic amines) is 1. The molecule has 0 spiro atoms. The van der Waals surface area contributed by atoms with Crippen LogP contribution in [-0.2, 0) is 6.54 Å². The third kappa shape index (κ3) is 6.05. The second kappa shape index (κ2) is 10.8. The van der Waals surface area contributed by atoms with Crippen molar-refractivity contribution in [1.29, 1.82) is 0 Å². The van der Waals surface area contributed by atoms with E-state index in [-0.39, 0.29) is 0 Å². The topological polar surface area (TPSA) is 70.4 Å². The number of rotatable bonds is 8. The molecule has 7 nitrogen and oxygen atoms in total. The number of piperidine rings is 1. The fourth-order valence-corrected chi connectivity index (χ4v) is 3.73. The number of benzene rings is 1. The van der Waals surface area contributed by atoms with Crippen molar-refractivity contribution < 1.29 is 0 Å². The van der Waals surface area contributed by atoms with E-state index in [1.165, 1.54) is 5.56 Å². The largest absolute Gasteiger partial charge is 0.356 e. The molecule has 1 atom stereocenters. The maximum absolute atomic E-state index is 4.39. The van der Waals surface area contributed by atoms with Crippen molar-refractivity contribution in [2.45, 2.75) is 51.2 Å². The van der Waals surface area contributed by atoms with E-state index in [0.717, 1.165) is 57.8 Å². The van der Waals surface area contributed by atoms with Crippen LogP contribution in [0.1, 0.15) is 44.2 Å². The Morgan fingerprint density at radius 3 is 2.54 bits per heavy atom. The predicted molar refractivity (Wildman–Crippen MR) is 113 cm³/mol. The van der Waals surface area contributed by atoms with E-state index in [4.69, 9.17) is 0 Å². The van der Waals surface area contributed by atoms with Gasteiger partial charge in [0, 0.05) is 45.3 Å². The molecule has 1 aromatic heterocycles. The highest BCUT2D eigenvalue weighted by molar-refractivity contribution is 5.79. The molecule has 0 aliphatic carbocycles. The number of aryl methyl sites for hydroxylation is 1. The van der Waals surface area contributed by atoms with Crippen LogP contribution < -0.4 is 10.6 Å². The molecule has 28 heavy (non-hydrogen) atoms. The summed E-state index contributed by atoms with van der Waals surface area (Å²) in [6.07, 6.45) is 8.00. The summed E-state index contributed by atoms with van der Waals surface area (Å²) in [5.74, 6) is 0.916. The van der Waals surface area contributed by atoms with Crippen LogP contribution in [0.3, 0.4) is 0 Å². The highest BCUT2D eigenvalue weighted by atomic mass is 15.2. The van der Waals surface area contributed by atoms with Gasteiger partial charge in [0.25, 0.3) is 0 Å². The van der Waals surface area contributed by atoms with Crippen molar-refractivity contribution in [2.24, 2.45) is 4.99 Å². The Bertz CT molecular complexity index is 691. The Labute approximate surface area is 168 Å². The molecule has 0 bridgehead atoms. The summed E-state index contributed by atoms with van der Waals surface area (Å²) in [6, 6.07) is 11.8. The van der Waals surface area contributed by atoms with Crippen LogP contribution in [0, 0.1) is 0 Å². The maximum atomic E-state index is 4.39. The first kappa shape index (κ1) is 20.3. The molecule has 1 fully saturated rings. The van der Waals surface area contributed by atoms with Gasteiger partial charge in [-0.2, -0.15) is 0 Å². The van der Waals surface area contributed by atoms with Gasteiger partial charge in [-0.1, -0.05) is 30.3 Å². The zero-order valence-electron chi connectivity index (χ0n) is 17.1. The summed E-state index contributed by atoms with van der Waals surface area (Å²) < 4.78 is 2.01. The summed E-state index contributed by atoms with van der Waals surface area (Å²) in [6.45, 7) is 6.42. The lowest BCUT2D eigenvalue weighted by Crippen LogP contribution is -2.49. The first-order valence-corrected chi connectivity index (χ1v) is 10.3. The quantitative estimate of drug-likeness (QED) is 0.416. The lowest BCUT2D eigenvalue weighted by atomic mass is 10.0. The Morgan fingerprint density at radius 2 is 1.86 bits per heavy atom.